The highest BCUT2D eigenvalue weighted by atomic mass is 19.3. The lowest BCUT2D eigenvalue weighted by atomic mass is 10.1. The van der Waals surface area contributed by atoms with E-state index in [9.17, 15) is 13.6 Å². The molecule has 0 aliphatic heterocycles. The summed E-state index contributed by atoms with van der Waals surface area (Å²) in [4.78, 5) is 10.2. The third kappa shape index (κ3) is 2.65. The van der Waals surface area contributed by atoms with E-state index in [1.807, 2.05) is 0 Å². The summed E-state index contributed by atoms with van der Waals surface area (Å²) in [5.74, 6) is -1.16. The molecule has 0 bridgehead atoms. The Morgan fingerprint density at radius 2 is 2.00 bits per heavy atom. The Morgan fingerprint density at radius 1 is 1.36 bits per heavy atom. The summed E-state index contributed by atoms with van der Waals surface area (Å²) in [6.45, 7) is 0. The van der Waals surface area contributed by atoms with Crippen LogP contribution in [0.2, 0.25) is 0 Å². The van der Waals surface area contributed by atoms with Crippen LogP contribution in [0.1, 0.15) is 17.6 Å². The summed E-state index contributed by atoms with van der Waals surface area (Å²) < 4.78 is 24.7. The average Bonchev–Trinajstić information content (AvgIpc) is 2.15. The summed E-state index contributed by atoms with van der Waals surface area (Å²) in [6, 6.07) is 5.78. The van der Waals surface area contributed by atoms with Crippen molar-refractivity contribution in [3.63, 3.8) is 0 Å². The lowest BCUT2D eigenvalue weighted by Crippen LogP contribution is -1.90. The van der Waals surface area contributed by atoms with Crippen LogP contribution >= 0.6 is 0 Å². The van der Waals surface area contributed by atoms with Crippen molar-refractivity contribution in [1.29, 1.82) is 0 Å². The van der Waals surface area contributed by atoms with Gasteiger partial charge in [0.25, 0.3) is 6.43 Å². The second-order valence-corrected chi connectivity index (χ2v) is 2.60. The van der Waals surface area contributed by atoms with Gasteiger partial charge in [0.2, 0.25) is 0 Å². The van der Waals surface area contributed by atoms with E-state index >= 15 is 0 Å². The predicted molar refractivity (Wildman–Crippen MR) is 48.1 cm³/mol. The molecule has 1 aromatic rings. The van der Waals surface area contributed by atoms with Crippen LogP contribution in [-0.4, -0.2) is 11.1 Å². The maximum absolute atomic E-state index is 12.4. The number of aliphatic carboxylic acids is 1. The van der Waals surface area contributed by atoms with Crippen LogP contribution in [0.5, 0.6) is 0 Å². The van der Waals surface area contributed by atoms with Crippen molar-refractivity contribution < 1.29 is 18.7 Å². The molecule has 0 unspecified atom stereocenters. The van der Waals surface area contributed by atoms with Crippen molar-refractivity contribution in [2.75, 3.05) is 0 Å². The van der Waals surface area contributed by atoms with Crippen LogP contribution in [0.25, 0.3) is 6.08 Å². The average molecular weight is 198 g/mol. The number of halogens is 2. The van der Waals surface area contributed by atoms with Crippen LogP contribution in [0.15, 0.2) is 30.3 Å². The number of carboxylic acids is 1. The molecule has 74 valence electrons. The van der Waals surface area contributed by atoms with Crippen molar-refractivity contribution in [3.8, 4) is 0 Å². The van der Waals surface area contributed by atoms with E-state index in [0.717, 1.165) is 12.2 Å². The molecule has 0 aliphatic rings. The Bertz CT molecular complexity index is 359. The quantitative estimate of drug-likeness (QED) is 0.758. The first-order chi connectivity index (χ1) is 6.61. The van der Waals surface area contributed by atoms with Gasteiger partial charge in [0.05, 0.1) is 0 Å². The maximum Gasteiger partial charge on any atom is 0.328 e. The van der Waals surface area contributed by atoms with Gasteiger partial charge in [0, 0.05) is 11.6 Å². The molecule has 2 nitrogen and oxygen atoms in total. The standard InChI is InChI=1S/C10H8F2O2/c11-10(12)8-4-2-1-3-7(8)5-6-9(13)14/h1-6,10H,(H,13,14)/b6-5+. The molecule has 4 heteroatoms. The van der Waals surface area contributed by atoms with Crippen molar-refractivity contribution in [2.24, 2.45) is 0 Å². The number of benzene rings is 1. The minimum atomic E-state index is -2.59. The van der Waals surface area contributed by atoms with Gasteiger partial charge in [0.15, 0.2) is 0 Å². The first kappa shape index (κ1) is 10.4. The Morgan fingerprint density at radius 3 is 2.57 bits per heavy atom. The normalized spacial score (nSPS) is 11.1. The Labute approximate surface area is 79.5 Å². The van der Waals surface area contributed by atoms with E-state index < -0.39 is 12.4 Å². The molecule has 0 radical (unpaired) electrons. The first-order valence-corrected chi connectivity index (χ1v) is 3.89. The summed E-state index contributed by atoms with van der Waals surface area (Å²) in [5.41, 5.74) is 0.0647. The fourth-order valence-electron chi connectivity index (χ4n) is 1.02. The van der Waals surface area contributed by atoms with E-state index in [4.69, 9.17) is 5.11 Å². The highest BCUT2D eigenvalue weighted by molar-refractivity contribution is 5.85. The second-order valence-electron chi connectivity index (χ2n) is 2.60. The van der Waals surface area contributed by atoms with Crippen molar-refractivity contribution in [2.45, 2.75) is 6.43 Å². The van der Waals surface area contributed by atoms with E-state index in [1.54, 1.807) is 6.07 Å². The minimum Gasteiger partial charge on any atom is -0.478 e. The van der Waals surface area contributed by atoms with E-state index in [0.29, 0.717) is 0 Å². The van der Waals surface area contributed by atoms with Crippen molar-refractivity contribution in [3.05, 3.63) is 41.5 Å². The van der Waals surface area contributed by atoms with E-state index in [1.165, 1.54) is 18.2 Å². The summed E-state index contributed by atoms with van der Waals surface area (Å²) in [5, 5.41) is 8.33. The third-order valence-electron chi connectivity index (χ3n) is 1.64. The molecule has 14 heavy (non-hydrogen) atoms. The zero-order valence-electron chi connectivity index (χ0n) is 7.15. The van der Waals surface area contributed by atoms with Gasteiger partial charge in [-0.05, 0) is 11.6 Å². The van der Waals surface area contributed by atoms with Gasteiger partial charge < -0.3 is 5.11 Å². The number of hydrogen-bond acceptors (Lipinski definition) is 1. The summed E-state index contributed by atoms with van der Waals surface area (Å²) in [7, 11) is 0. The highest BCUT2D eigenvalue weighted by Gasteiger charge is 2.09. The molecule has 0 saturated heterocycles. The van der Waals surface area contributed by atoms with Crippen LogP contribution in [0.3, 0.4) is 0 Å². The van der Waals surface area contributed by atoms with Crippen molar-refractivity contribution >= 4 is 12.0 Å². The fourth-order valence-corrected chi connectivity index (χ4v) is 1.02. The van der Waals surface area contributed by atoms with Crippen LogP contribution in [0.4, 0.5) is 8.78 Å². The molecule has 0 heterocycles. The van der Waals surface area contributed by atoms with Gasteiger partial charge in [-0.2, -0.15) is 0 Å². The zero-order chi connectivity index (χ0) is 10.6. The molecular weight excluding hydrogens is 190 g/mol. The van der Waals surface area contributed by atoms with Gasteiger partial charge in [-0.15, -0.1) is 0 Å². The zero-order valence-corrected chi connectivity index (χ0v) is 7.15. The van der Waals surface area contributed by atoms with Crippen LogP contribution < -0.4 is 0 Å². The van der Waals surface area contributed by atoms with Gasteiger partial charge in [-0.1, -0.05) is 24.3 Å². The lowest BCUT2D eigenvalue weighted by Gasteiger charge is -2.02. The topological polar surface area (TPSA) is 37.3 Å². The van der Waals surface area contributed by atoms with Crippen LogP contribution in [-0.2, 0) is 4.79 Å². The number of alkyl halides is 2. The molecule has 0 saturated carbocycles. The van der Waals surface area contributed by atoms with Crippen LogP contribution in [0, 0.1) is 0 Å². The van der Waals surface area contributed by atoms with Crippen molar-refractivity contribution in [1.82, 2.24) is 0 Å². The molecule has 0 atom stereocenters. The minimum absolute atomic E-state index is 0.162. The molecule has 0 aromatic heterocycles. The largest absolute Gasteiger partial charge is 0.478 e. The van der Waals surface area contributed by atoms with Gasteiger partial charge in [-0.25, -0.2) is 13.6 Å². The van der Waals surface area contributed by atoms with Gasteiger partial charge >= 0.3 is 5.97 Å². The number of carboxylic acid groups (broad SMARTS) is 1. The lowest BCUT2D eigenvalue weighted by molar-refractivity contribution is -0.131. The molecule has 1 N–H and O–H groups in total. The molecular formula is C10H8F2O2. The predicted octanol–water partition coefficient (Wildman–Crippen LogP) is 2.72. The smallest absolute Gasteiger partial charge is 0.328 e. The molecule has 1 aromatic carbocycles. The number of hydrogen-bond donors (Lipinski definition) is 1. The monoisotopic (exact) mass is 198 g/mol. The molecule has 0 spiro atoms. The Kier molecular flexibility index (Phi) is 3.34. The van der Waals surface area contributed by atoms with Gasteiger partial charge in [0.1, 0.15) is 0 Å². The van der Waals surface area contributed by atoms with E-state index in [-0.39, 0.29) is 11.1 Å². The van der Waals surface area contributed by atoms with E-state index in [2.05, 4.69) is 0 Å². The third-order valence-corrected chi connectivity index (χ3v) is 1.64. The number of rotatable bonds is 3. The molecule has 0 aliphatic carbocycles. The summed E-state index contributed by atoms with van der Waals surface area (Å²) >= 11 is 0. The highest BCUT2D eigenvalue weighted by Crippen LogP contribution is 2.23. The first-order valence-electron chi connectivity index (χ1n) is 3.89. The Balaban J connectivity index is 3.01. The summed E-state index contributed by atoms with van der Waals surface area (Å²) in [6.07, 6.45) is -0.602. The second kappa shape index (κ2) is 4.50. The molecule has 0 fully saturated rings. The fraction of sp³-hybridized carbons (Fsp3) is 0.100. The van der Waals surface area contributed by atoms with Gasteiger partial charge in [-0.3, -0.25) is 0 Å². The molecule has 0 amide bonds. The molecule has 1 rings (SSSR count). The number of carbonyl (C=O) groups is 1. The maximum atomic E-state index is 12.4. The Hall–Kier alpha value is -1.71. The SMILES string of the molecule is O=C(O)/C=C/c1ccccc1C(F)F.